The Hall–Kier alpha value is -2.82. The van der Waals surface area contributed by atoms with Crippen LogP contribution in [0.15, 0.2) is 71.8 Å². The van der Waals surface area contributed by atoms with Crippen molar-refractivity contribution in [1.29, 1.82) is 0 Å². The van der Waals surface area contributed by atoms with Crippen LogP contribution in [0, 0.1) is 0 Å². The summed E-state index contributed by atoms with van der Waals surface area (Å²) in [6.07, 6.45) is 2.01. The third-order valence-corrected chi connectivity index (χ3v) is 6.70. The van der Waals surface area contributed by atoms with Gasteiger partial charge in [-0.15, -0.1) is 0 Å². The van der Waals surface area contributed by atoms with Gasteiger partial charge in [0.15, 0.2) is 0 Å². The molecule has 0 unspecified atom stereocenters. The maximum Gasteiger partial charge on any atom is 0.104 e. The minimum atomic E-state index is 0.871. The molecule has 31 heavy (non-hydrogen) atoms. The molecule has 4 aromatic rings. The predicted molar refractivity (Wildman–Crippen MR) is 130 cm³/mol. The summed E-state index contributed by atoms with van der Waals surface area (Å²) >= 11 is 6.33. The molecule has 1 N–H and O–H groups in total. The Morgan fingerprint density at radius 1 is 0.935 bits per heavy atom. The summed E-state index contributed by atoms with van der Waals surface area (Å²) in [5.74, 6) is 0. The van der Waals surface area contributed by atoms with Gasteiger partial charge in [-0.3, -0.25) is 5.01 Å². The van der Waals surface area contributed by atoms with Crippen molar-refractivity contribution in [3.63, 3.8) is 0 Å². The molecule has 0 radical (unpaired) electrons. The fraction of sp³-hybridized carbons (Fsp3) is 0.269. The van der Waals surface area contributed by atoms with E-state index in [9.17, 15) is 0 Å². The van der Waals surface area contributed by atoms with Gasteiger partial charge in [0, 0.05) is 38.9 Å². The zero-order chi connectivity index (χ0) is 21.2. The van der Waals surface area contributed by atoms with Crippen molar-refractivity contribution in [3.05, 3.63) is 82.9 Å². The SMILES string of the molecule is CCn1c2ccccc2c2cc(/C=N\N3CC[NH+](Cc4ccccc4Cl)CC3)ccc21. The number of benzene rings is 3. The molecule has 1 aromatic heterocycles. The van der Waals surface area contributed by atoms with Crippen molar-refractivity contribution in [3.8, 4) is 0 Å². The second-order valence-corrected chi connectivity index (χ2v) is 8.66. The first-order valence-corrected chi connectivity index (χ1v) is 11.5. The van der Waals surface area contributed by atoms with E-state index < -0.39 is 0 Å². The van der Waals surface area contributed by atoms with Crippen LogP contribution in [-0.2, 0) is 13.1 Å². The molecular weight excluding hydrogens is 404 g/mol. The van der Waals surface area contributed by atoms with Gasteiger partial charge < -0.3 is 9.47 Å². The highest BCUT2D eigenvalue weighted by Crippen LogP contribution is 2.29. The van der Waals surface area contributed by atoms with E-state index in [4.69, 9.17) is 16.7 Å². The van der Waals surface area contributed by atoms with Gasteiger partial charge in [0.25, 0.3) is 0 Å². The molecule has 5 rings (SSSR count). The number of hydrogen-bond donors (Lipinski definition) is 1. The highest BCUT2D eigenvalue weighted by molar-refractivity contribution is 6.31. The maximum absolute atomic E-state index is 6.33. The number of fused-ring (bicyclic) bond motifs is 3. The fourth-order valence-corrected chi connectivity index (χ4v) is 4.86. The van der Waals surface area contributed by atoms with Gasteiger partial charge in [-0.1, -0.05) is 54.1 Å². The van der Waals surface area contributed by atoms with Crippen molar-refractivity contribution in [2.45, 2.75) is 20.0 Å². The topological polar surface area (TPSA) is 25.0 Å². The zero-order valence-corrected chi connectivity index (χ0v) is 18.6. The van der Waals surface area contributed by atoms with Gasteiger partial charge >= 0.3 is 0 Å². The first-order chi connectivity index (χ1) is 15.2. The van der Waals surface area contributed by atoms with E-state index in [1.165, 1.54) is 27.4 Å². The van der Waals surface area contributed by atoms with E-state index >= 15 is 0 Å². The number of nitrogens with zero attached hydrogens (tertiary/aromatic N) is 3. The number of piperazine rings is 1. The zero-order valence-electron chi connectivity index (χ0n) is 17.9. The molecule has 0 amide bonds. The number of halogens is 1. The van der Waals surface area contributed by atoms with Crippen molar-refractivity contribution in [2.24, 2.45) is 5.10 Å². The first kappa shape index (κ1) is 20.1. The van der Waals surface area contributed by atoms with E-state index in [0.29, 0.717) is 0 Å². The Morgan fingerprint density at radius 3 is 2.48 bits per heavy atom. The second-order valence-electron chi connectivity index (χ2n) is 8.25. The number of hydrogen-bond acceptors (Lipinski definition) is 2. The molecule has 2 heterocycles. The molecule has 1 fully saturated rings. The lowest BCUT2D eigenvalue weighted by atomic mass is 10.1. The maximum atomic E-state index is 6.33. The van der Waals surface area contributed by atoms with E-state index in [-0.39, 0.29) is 0 Å². The highest BCUT2D eigenvalue weighted by atomic mass is 35.5. The Kier molecular flexibility index (Phi) is 5.66. The molecule has 3 aromatic carbocycles. The van der Waals surface area contributed by atoms with E-state index in [0.717, 1.165) is 49.9 Å². The number of para-hydroxylation sites is 1. The van der Waals surface area contributed by atoms with Crippen LogP contribution in [0.5, 0.6) is 0 Å². The van der Waals surface area contributed by atoms with E-state index in [2.05, 4.69) is 71.1 Å². The molecule has 0 aliphatic carbocycles. The molecule has 4 nitrogen and oxygen atoms in total. The first-order valence-electron chi connectivity index (χ1n) is 11.1. The lowest BCUT2D eigenvalue weighted by Crippen LogP contribution is -3.13. The third-order valence-electron chi connectivity index (χ3n) is 6.33. The van der Waals surface area contributed by atoms with Gasteiger partial charge in [0.1, 0.15) is 6.54 Å². The Bertz CT molecular complexity index is 1230. The van der Waals surface area contributed by atoms with Crippen molar-refractivity contribution >= 4 is 39.6 Å². The summed E-state index contributed by atoms with van der Waals surface area (Å²) in [7, 11) is 0. The van der Waals surface area contributed by atoms with Crippen LogP contribution in [0.3, 0.4) is 0 Å². The monoisotopic (exact) mass is 431 g/mol. The minimum Gasteiger partial charge on any atom is -0.341 e. The normalized spacial score (nSPS) is 15.5. The summed E-state index contributed by atoms with van der Waals surface area (Å²) in [5, 5.41) is 10.5. The van der Waals surface area contributed by atoms with Gasteiger partial charge in [-0.05, 0) is 36.8 Å². The quantitative estimate of drug-likeness (QED) is 0.470. The number of rotatable bonds is 5. The number of aromatic nitrogens is 1. The summed E-state index contributed by atoms with van der Waals surface area (Å²) in [4.78, 5) is 1.56. The molecule has 5 heteroatoms. The van der Waals surface area contributed by atoms with Crippen LogP contribution in [-0.4, -0.2) is 42.0 Å². The highest BCUT2D eigenvalue weighted by Gasteiger charge is 2.19. The molecule has 158 valence electrons. The summed E-state index contributed by atoms with van der Waals surface area (Å²) in [6, 6.07) is 23.5. The predicted octanol–water partition coefficient (Wildman–Crippen LogP) is 4.20. The molecule has 0 spiro atoms. The fourth-order valence-electron chi connectivity index (χ4n) is 4.66. The molecule has 1 aliphatic heterocycles. The van der Waals surface area contributed by atoms with Crippen LogP contribution >= 0.6 is 11.6 Å². The van der Waals surface area contributed by atoms with Gasteiger partial charge in [0.2, 0.25) is 0 Å². The number of hydrazone groups is 1. The molecule has 1 saturated heterocycles. The van der Waals surface area contributed by atoms with Crippen molar-refractivity contribution in [2.75, 3.05) is 26.2 Å². The molecule has 0 saturated carbocycles. The Labute approximate surface area is 188 Å². The number of quaternary nitrogens is 1. The summed E-state index contributed by atoms with van der Waals surface area (Å²) in [6.45, 7) is 8.24. The Balaban J connectivity index is 1.28. The van der Waals surface area contributed by atoms with Crippen LogP contribution in [0.1, 0.15) is 18.1 Å². The van der Waals surface area contributed by atoms with Crippen molar-refractivity contribution in [1.82, 2.24) is 9.58 Å². The molecule has 0 bridgehead atoms. The van der Waals surface area contributed by atoms with Crippen LogP contribution < -0.4 is 4.90 Å². The smallest absolute Gasteiger partial charge is 0.104 e. The van der Waals surface area contributed by atoms with Gasteiger partial charge in [-0.25, -0.2) is 0 Å². The van der Waals surface area contributed by atoms with Gasteiger partial charge in [-0.2, -0.15) is 5.10 Å². The standard InChI is InChI=1S/C26H27ClN4/c1-2-31-25-10-6-4-8-22(25)23-17-20(11-12-26(23)31)18-28-30-15-13-29(14-16-30)19-21-7-3-5-9-24(21)27/h3-12,17-18H,2,13-16,19H2,1H3/p+1/b28-18-. The van der Waals surface area contributed by atoms with E-state index in [1.54, 1.807) is 4.90 Å². The lowest BCUT2D eigenvalue weighted by Gasteiger charge is -2.30. The average molecular weight is 432 g/mol. The van der Waals surface area contributed by atoms with Gasteiger partial charge in [0.05, 0.1) is 32.4 Å². The number of aryl methyl sites for hydroxylation is 1. The van der Waals surface area contributed by atoms with Crippen LogP contribution in [0.4, 0.5) is 0 Å². The summed E-state index contributed by atoms with van der Waals surface area (Å²) in [5.41, 5.74) is 4.97. The van der Waals surface area contributed by atoms with Crippen LogP contribution in [0.25, 0.3) is 21.8 Å². The average Bonchev–Trinajstić information content (AvgIpc) is 3.13. The molecule has 1 aliphatic rings. The molecule has 0 atom stereocenters. The number of nitrogens with one attached hydrogen (secondary N) is 1. The Morgan fingerprint density at radius 2 is 1.68 bits per heavy atom. The second kappa shape index (κ2) is 8.74. The van der Waals surface area contributed by atoms with Crippen LogP contribution in [0.2, 0.25) is 5.02 Å². The lowest BCUT2D eigenvalue weighted by molar-refractivity contribution is -0.918. The largest absolute Gasteiger partial charge is 0.341 e. The minimum absolute atomic E-state index is 0.871. The van der Waals surface area contributed by atoms with E-state index in [1.807, 2.05) is 18.3 Å². The van der Waals surface area contributed by atoms with Crippen molar-refractivity contribution < 1.29 is 4.90 Å². The summed E-state index contributed by atoms with van der Waals surface area (Å²) < 4.78 is 2.38. The third kappa shape index (κ3) is 4.06. The molecular formula is C26H28ClN4+.